The maximum atomic E-state index is 2.40. The molecule has 14 rings (SSSR count). The summed E-state index contributed by atoms with van der Waals surface area (Å²) in [4.78, 5) is 16.0. The first kappa shape index (κ1) is 85.8. The van der Waals surface area contributed by atoms with Crippen LogP contribution < -0.4 is 33.3 Å². The molecule has 0 amide bonds. The Hall–Kier alpha value is -4.47. The van der Waals surface area contributed by atoms with Crippen molar-refractivity contribution < 1.29 is 33.3 Å². The topological polar surface area (TPSA) is 42.4 Å². The fourth-order valence-corrected chi connectivity index (χ4v) is 14.2. The molecule has 8 aliphatic rings. The number of likely N-dealkylation sites (N-methyl/N-ethyl adjacent to an activating group) is 2. The third-order valence-corrected chi connectivity index (χ3v) is 22.5. The number of aromatic nitrogens is 3. The molecule has 3 aromatic carbocycles. The summed E-state index contributed by atoms with van der Waals surface area (Å²) in [6, 6.07) is 35.7. The van der Waals surface area contributed by atoms with E-state index in [1.54, 1.807) is 30.9 Å². The van der Waals surface area contributed by atoms with E-state index in [4.69, 9.17) is 0 Å². The Labute approximate surface area is 595 Å². The number of pyridine rings is 2. The number of piperidine rings is 4. The number of fused-ring (bicyclic) bond motifs is 3. The van der Waals surface area contributed by atoms with E-state index in [9.17, 15) is 0 Å². The Kier molecular flexibility index (Phi) is 41.8. The number of nitrogens with one attached hydrogen (secondary N) is 4. The molecule has 8 aliphatic heterocycles. The molecular weight excluding hydrogens is 1200 g/mol. The maximum absolute atomic E-state index is 2.40. The van der Waals surface area contributed by atoms with Crippen LogP contribution in [-0.4, -0.2) is 167 Å². The summed E-state index contributed by atoms with van der Waals surface area (Å²) in [7, 11) is 23.9. The summed E-state index contributed by atoms with van der Waals surface area (Å²) in [6.07, 6.45) is 28.1. The highest BCUT2D eigenvalue weighted by Crippen LogP contribution is 2.36. The SMILES string of the molecule is CC.CC1CCN(C)CC1.CC1CCN(C)CC1.CC1[NH+](C)c2ccccc2C1(C)C.CC1[NH+](C)c2ccccc2C1(C)C.CN1CCCC1.CN1CCCC1.C[NH+]1CCCCC1.C[NH+]1CCCCC1.C[n+]1csc2ccccc21.Cc1cc[n+](C)cc1.Cc1cc[n+](C)cc1. The zero-order chi connectivity index (χ0) is 71.2. The minimum Gasteiger partial charge on any atom is -0.337 e. The van der Waals surface area contributed by atoms with Gasteiger partial charge in [-0.05, 0) is 267 Å². The van der Waals surface area contributed by atoms with Crippen LogP contribution in [0, 0.1) is 25.7 Å². The van der Waals surface area contributed by atoms with Gasteiger partial charge in [0.05, 0.1) is 66.5 Å². The van der Waals surface area contributed by atoms with Crippen molar-refractivity contribution in [3.63, 3.8) is 0 Å². The Morgan fingerprint density at radius 1 is 0.406 bits per heavy atom. The second kappa shape index (κ2) is 46.8. The molecule has 6 saturated heterocycles. The molecule has 4 N–H and O–H groups in total. The third-order valence-electron chi connectivity index (χ3n) is 21.5. The van der Waals surface area contributed by atoms with E-state index >= 15 is 0 Å². The first-order valence-corrected chi connectivity index (χ1v) is 39.0. The van der Waals surface area contributed by atoms with Gasteiger partial charge in [-0.1, -0.05) is 87.6 Å². The summed E-state index contributed by atoms with van der Waals surface area (Å²) >= 11 is 1.78. The molecule has 4 atom stereocenters. The molecule has 96 heavy (non-hydrogen) atoms. The molecular formula is C84H150N11S+7. The van der Waals surface area contributed by atoms with Crippen molar-refractivity contribution in [2.75, 3.05) is 135 Å². The van der Waals surface area contributed by atoms with Gasteiger partial charge in [-0.25, -0.2) is 9.13 Å². The largest absolute Gasteiger partial charge is 0.337 e. The summed E-state index contributed by atoms with van der Waals surface area (Å²) in [5.41, 5.74) is 12.7. The molecule has 0 bridgehead atoms. The van der Waals surface area contributed by atoms with Gasteiger partial charge in [0.2, 0.25) is 11.0 Å². The van der Waals surface area contributed by atoms with Gasteiger partial charge in [0.15, 0.2) is 24.8 Å². The van der Waals surface area contributed by atoms with Gasteiger partial charge in [-0.3, -0.25) is 0 Å². The van der Waals surface area contributed by atoms with Crippen molar-refractivity contribution in [3.8, 4) is 0 Å². The number of nitrogens with zero attached hydrogens (tertiary/aromatic N) is 7. The first-order chi connectivity index (χ1) is 45.7. The minimum atomic E-state index is 0.320. The molecule has 11 nitrogen and oxygen atoms in total. The van der Waals surface area contributed by atoms with E-state index in [-0.39, 0.29) is 0 Å². The van der Waals surface area contributed by atoms with Crippen molar-refractivity contribution in [1.29, 1.82) is 0 Å². The van der Waals surface area contributed by atoms with Crippen LogP contribution >= 0.6 is 11.3 Å². The number of rotatable bonds is 0. The van der Waals surface area contributed by atoms with Crippen molar-refractivity contribution in [3.05, 3.63) is 150 Å². The third kappa shape index (κ3) is 32.2. The van der Waals surface area contributed by atoms with Gasteiger partial charge in [-0.15, -0.1) is 0 Å². The van der Waals surface area contributed by atoms with Crippen molar-refractivity contribution in [1.82, 2.24) is 19.6 Å². The quantitative estimate of drug-likeness (QED) is 0.114. The van der Waals surface area contributed by atoms with Gasteiger partial charge in [0.25, 0.3) is 0 Å². The molecule has 6 fully saturated rings. The minimum absolute atomic E-state index is 0.320. The standard InChI is InChI=1S/2C12H17N.C8H8NS.2C7H15N.2C7H10N.2C6H13N.2C5H11N.C2H6/c2*1-9-12(2,3)10-7-5-6-8-11(10)13(9)4;1-9-6-10-8-5-3-2-4-7(8)9;4*1-7-3-5-8(2)6-4-7;2*1-7-5-3-2-4-6-7;2*1-6-4-2-3-5-6;1-2/h2*5-9H,1-4H3;2-6H,1H3;2*7H,3-6H2,1-2H3;2*3-6H,1-2H3;2*2-6H2,1H3;2*2-5H2,1H3;1-2H3/q;;+1;;;2*+1;;;;;/p+4. The van der Waals surface area contributed by atoms with Crippen LogP contribution in [0.1, 0.15) is 181 Å². The lowest BCUT2D eigenvalue weighted by Crippen LogP contribution is -3.09. The molecule has 0 saturated carbocycles. The second-order valence-corrected chi connectivity index (χ2v) is 31.6. The molecule has 3 aromatic heterocycles. The number of benzene rings is 3. The maximum Gasteiger partial charge on any atom is 0.225 e. The number of likely N-dealkylation sites (tertiary alicyclic amines) is 6. The lowest BCUT2D eigenvalue weighted by Gasteiger charge is -2.26. The zero-order valence-electron chi connectivity index (χ0n) is 66.4. The van der Waals surface area contributed by atoms with E-state index in [1.807, 2.05) is 61.9 Å². The predicted molar refractivity (Wildman–Crippen MR) is 416 cm³/mol. The molecule has 6 aromatic rings. The van der Waals surface area contributed by atoms with Crippen LogP contribution in [0.25, 0.3) is 10.2 Å². The number of hydrogen-bond donors (Lipinski definition) is 4. The average molecular weight is 1350 g/mol. The lowest BCUT2D eigenvalue weighted by atomic mass is 9.81. The molecule has 540 valence electrons. The highest BCUT2D eigenvalue weighted by molar-refractivity contribution is 7.16. The van der Waals surface area contributed by atoms with Crippen LogP contribution in [0.2, 0.25) is 0 Å². The number of thiazole rings is 1. The molecule has 4 unspecified atom stereocenters. The Balaban J connectivity index is 0.000000277. The fourth-order valence-electron chi connectivity index (χ4n) is 13.3. The van der Waals surface area contributed by atoms with Gasteiger partial charge in [0.1, 0.15) is 37.2 Å². The van der Waals surface area contributed by atoms with Crippen LogP contribution in [-0.2, 0) is 32.0 Å². The summed E-state index contributed by atoms with van der Waals surface area (Å²) in [6.45, 7) is 43.0. The van der Waals surface area contributed by atoms with E-state index in [2.05, 4.69) is 259 Å². The first-order valence-electron chi connectivity index (χ1n) is 38.1. The van der Waals surface area contributed by atoms with E-state index in [1.165, 1.54) is 212 Å². The smallest absolute Gasteiger partial charge is 0.225 e. The Morgan fingerprint density at radius 2 is 0.708 bits per heavy atom. The van der Waals surface area contributed by atoms with Gasteiger partial charge in [0, 0.05) is 52.3 Å². The van der Waals surface area contributed by atoms with Gasteiger partial charge < -0.3 is 39.2 Å². The van der Waals surface area contributed by atoms with Crippen LogP contribution in [0.3, 0.4) is 0 Å². The highest BCUT2D eigenvalue weighted by Gasteiger charge is 2.45. The Bertz CT molecular complexity index is 2660. The van der Waals surface area contributed by atoms with Crippen LogP contribution in [0.15, 0.2) is 127 Å². The van der Waals surface area contributed by atoms with Crippen LogP contribution in [0.5, 0.6) is 0 Å². The van der Waals surface area contributed by atoms with Crippen molar-refractivity contribution in [2.24, 2.45) is 33.0 Å². The van der Waals surface area contributed by atoms with Crippen LogP contribution in [0.4, 0.5) is 11.4 Å². The number of quaternary nitrogens is 4. The van der Waals surface area contributed by atoms with Crippen molar-refractivity contribution >= 4 is 32.9 Å². The van der Waals surface area contributed by atoms with E-state index < -0.39 is 0 Å². The van der Waals surface area contributed by atoms with Gasteiger partial charge >= 0.3 is 0 Å². The number of aryl methyl sites for hydroxylation is 5. The predicted octanol–water partition coefficient (Wildman–Crippen LogP) is 10.9. The zero-order valence-corrected chi connectivity index (χ0v) is 67.2. The summed E-state index contributed by atoms with van der Waals surface area (Å²) in [5, 5.41) is 0. The second-order valence-electron chi connectivity index (χ2n) is 30.8. The van der Waals surface area contributed by atoms with E-state index in [0.717, 1.165) is 11.8 Å². The lowest BCUT2D eigenvalue weighted by molar-refractivity contribution is -0.884. The average Bonchev–Trinajstić information content (AvgIpc) is 1.62. The summed E-state index contributed by atoms with van der Waals surface area (Å²) < 4.78 is 7.53. The molecule has 12 heteroatoms. The van der Waals surface area contributed by atoms with Crippen molar-refractivity contribution in [2.45, 2.75) is 196 Å². The molecule has 0 radical (unpaired) electrons. The number of hydrogen-bond acceptors (Lipinski definition) is 5. The van der Waals surface area contributed by atoms with E-state index in [0.29, 0.717) is 22.9 Å². The Morgan fingerprint density at radius 3 is 0.969 bits per heavy atom. The summed E-state index contributed by atoms with van der Waals surface area (Å²) in [5.74, 6) is 1.96. The molecule has 0 aliphatic carbocycles. The van der Waals surface area contributed by atoms with Gasteiger partial charge in [-0.2, -0.15) is 4.57 Å². The number of para-hydroxylation sites is 3. The normalized spacial score (nSPS) is 22.1. The molecule has 11 heterocycles. The monoisotopic (exact) mass is 1350 g/mol. The fraction of sp³-hybridized carbons (Fsp3) is 0.655. The molecule has 0 spiro atoms. The highest BCUT2D eigenvalue weighted by atomic mass is 32.1.